The summed E-state index contributed by atoms with van der Waals surface area (Å²) in [6, 6.07) is 0.627. The van der Waals surface area contributed by atoms with Gasteiger partial charge < -0.3 is 19.5 Å². The molecule has 35 heavy (non-hydrogen) atoms. The van der Waals surface area contributed by atoms with Crippen LogP contribution in [-0.4, -0.2) is 86.1 Å². The average molecular weight is 499 g/mol. The minimum Gasteiger partial charge on any atom is -0.459 e. The highest BCUT2D eigenvalue weighted by Gasteiger charge is 2.25. The molecule has 0 aromatic heterocycles. The lowest BCUT2D eigenvalue weighted by Crippen LogP contribution is -2.46. The van der Waals surface area contributed by atoms with Crippen LogP contribution in [0.15, 0.2) is 0 Å². The largest absolute Gasteiger partial charge is 0.459 e. The first-order chi connectivity index (χ1) is 17.1. The van der Waals surface area contributed by atoms with Crippen LogP contribution in [0.2, 0.25) is 0 Å². The zero-order valence-corrected chi connectivity index (χ0v) is 23.5. The average Bonchev–Trinajstić information content (AvgIpc) is 2.80. The summed E-state index contributed by atoms with van der Waals surface area (Å²) in [5.74, 6) is -0.107. The molecule has 0 aromatic rings. The number of esters is 1. The molecule has 1 unspecified atom stereocenters. The Morgan fingerprint density at radius 1 is 0.886 bits per heavy atom. The van der Waals surface area contributed by atoms with Crippen LogP contribution < -0.4 is 0 Å². The third-order valence-electron chi connectivity index (χ3n) is 7.24. The highest BCUT2D eigenvalue weighted by Crippen LogP contribution is 2.24. The van der Waals surface area contributed by atoms with Gasteiger partial charge in [-0.2, -0.15) is 0 Å². The number of likely N-dealkylation sites (N-methyl/N-ethyl adjacent to an activating group) is 1. The van der Waals surface area contributed by atoms with Crippen molar-refractivity contribution in [2.75, 3.05) is 53.0 Å². The number of nitrogens with zero attached hydrogens (tertiary/aromatic N) is 2. The van der Waals surface area contributed by atoms with E-state index in [4.69, 9.17) is 9.47 Å². The summed E-state index contributed by atoms with van der Waals surface area (Å²) < 4.78 is 11.8. The van der Waals surface area contributed by atoms with Crippen molar-refractivity contribution in [1.29, 1.82) is 0 Å². The predicted molar refractivity (Wildman–Crippen MR) is 146 cm³/mol. The SMILES string of the molecule is CCCCCCCCCCCCOCC(CN(C)CCN(CCO)C1CCC1)OC(=O)CCCC. The Balaban J connectivity index is 2.26. The summed E-state index contributed by atoms with van der Waals surface area (Å²) in [4.78, 5) is 16.9. The van der Waals surface area contributed by atoms with E-state index in [-0.39, 0.29) is 18.7 Å². The maximum atomic E-state index is 12.3. The Morgan fingerprint density at radius 3 is 2.09 bits per heavy atom. The molecule has 0 amide bonds. The molecule has 0 saturated heterocycles. The van der Waals surface area contributed by atoms with Gasteiger partial charge in [0, 0.05) is 45.2 Å². The summed E-state index contributed by atoms with van der Waals surface area (Å²) in [6.07, 6.45) is 19.1. The molecule has 208 valence electrons. The van der Waals surface area contributed by atoms with Crippen LogP contribution in [0.4, 0.5) is 0 Å². The zero-order chi connectivity index (χ0) is 25.6. The molecule has 0 aromatic carbocycles. The van der Waals surface area contributed by atoms with Gasteiger partial charge in [0.2, 0.25) is 0 Å². The third-order valence-corrected chi connectivity index (χ3v) is 7.24. The van der Waals surface area contributed by atoms with E-state index >= 15 is 0 Å². The summed E-state index contributed by atoms with van der Waals surface area (Å²) >= 11 is 0. The van der Waals surface area contributed by atoms with Gasteiger partial charge in [0.1, 0.15) is 6.10 Å². The van der Waals surface area contributed by atoms with Crippen LogP contribution in [0.25, 0.3) is 0 Å². The van der Waals surface area contributed by atoms with E-state index in [1.165, 1.54) is 77.0 Å². The quantitative estimate of drug-likeness (QED) is 0.127. The molecule has 0 aliphatic heterocycles. The van der Waals surface area contributed by atoms with Gasteiger partial charge in [-0.1, -0.05) is 84.5 Å². The van der Waals surface area contributed by atoms with Crippen molar-refractivity contribution in [2.24, 2.45) is 0 Å². The highest BCUT2D eigenvalue weighted by atomic mass is 16.6. The van der Waals surface area contributed by atoms with Crippen molar-refractivity contribution in [1.82, 2.24) is 9.80 Å². The van der Waals surface area contributed by atoms with E-state index in [9.17, 15) is 9.90 Å². The van der Waals surface area contributed by atoms with Crippen molar-refractivity contribution in [2.45, 2.75) is 129 Å². The molecule has 6 nitrogen and oxygen atoms in total. The van der Waals surface area contributed by atoms with Gasteiger partial charge in [-0.25, -0.2) is 0 Å². The van der Waals surface area contributed by atoms with Crippen LogP contribution >= 0.6 is 0 Å². The molecule has 1 N–H and O–H groups in total. The Hall–Kier alpha value is -0.690. The van der Waals surface area contributed by atoms with E-state index in [0.717, 1.165) is 45.5 Å². The number of rotatable bonds is 25. The molecule has 1 fully saturated rings. The van der Waals surface area contributed by atoms with E-state index < -0.39 is 0 Å². The molecule has 0 spiro atoms. The number of carbonyl (C=O) groups excluding carboxylic acids is 1. The minimum atomic E-state index is -0.220. The monoisotopic (exact) mass is 498 g/mol. The number of hydrogen-bond donors (Lipinski definition) is 1. The van der Waals surface area contributed by atoms with E-state index in [0.29, 0.717) is 25.6 Å². The Kier molecular flexibility index (Phi) is 20.8. The Labute approximate surface area is 217 Å². The molecule has 1 rings (SSSR count). The van der Waals surface area contributed by atoms with Crippen molar-refractivity contribution >= 4 is 5.97 Å². The summed E-state index contributed by atoms with van der Waals surface area (Å²) in [5.41, 5.74) is 0. The molecule has 1 saturated carbocycles. The lowest BCUT2D eigenvalue weighted by Gasteiger charge is -2.38. The van der Waals surface area contributed by atoms with Gasteiger partial charge in [0.25, 0.3) is 0 Å². The maximum Gasteiger partial charge on any atom is 0.306 e. The Bertz CT molecular complexity index is 487. The van der Waals surface area contributed by atoms with Gasteiger partial charge in [0.15, 0.2) is 0 Å². The van der Waals surface area contributed by atoms with E-state index in [1.807, 2.05) is 0 Å². The smallest absolute Gasteiger partial charge is 0.306 e. The fourth-order valence-electron chi connectivity index (χ4n) is 4.69. The lowest BCUT2D eigenvalue weighted by molar-refractivity contribution is -0.153. The number of unbranched alkanes of at least 4 members (excludes halogenated alkanes) is 10. The van der Waals surface area contributed by atoms with Crippen LogP contribution in [0.5, 0.6) is 0 Å². The molecule has 1 aliphatic carbocycles. The van der Waals surface area contributed by atoms with Crippen LogP contribution in [-0.2, 0) is 14.3 Å². The van der Waals surface area contributed by atoms with Crippen molar-refractivity contribution in [3.8, 4) is 0 Å². The topological polar surface area (TPSA) is 62.2 Å². The number of ether oxygens (including phenoxy) is 2. The van der Waals surface area contributed by atoms with E-state index in [2.05, 4.69) is 30.7 Å². The molecule has 0 radical (unpaired) electrons. The van der Waals surface area contributed by atoms with Crippen LogP contribution in [0.1, 0.15) is 117 Å². The zero-order valence-electron chi connectivity index (χ0n) is 23.5. The second-order valence-corrected chi connectivity index (χ2v) is 10.6. The van der Waals surface area contributed by atoms with Gasteiger partial charge in [-0.05, 0) is 32.7 Å². The summed E-state index contributed by atoms with van der Waals surface area (Å²) in [6.45, 7) is 9.07. The van der Waals surface area contributed by atoms with Crippen LogP contribution in [0.3, 0.4) is 0 Å². The summed E-state index contributed by atoms with van der Waals surface area (Å²) in [5, 5.41) is 9.40. The lowest BCUT2D eigenvalue weighted by atomic mass is 9.91. The Morgan fingerprint density at radius 2 is 1.51 bits per heavy atom. The van der Waals surface area contributed by atoms with Crippen molar-refractivity contribution in [3.63, 3.8) is 0 Å². The first-order valence-corrected chi connectivity index (χ1v) is 14.9. The molecular weight excluding hydrogens is 440 g/mol. The first kappa shape index (κ1) is 32.3. The minimum absolute atomic E-state index is 0.107. The number of aliphatic hydroxyl groups is 1. The van der Waals surface area contributed by atoms with Gasteiger partial charge in [-0.15, -0.1) is 0 Å². The van der Waals surface area contributed by atoms with Gasteiger partial charge in [-0.3, -0.25) is 9.69 Å². The van der Waals surface area contributed by atoms with Gasteiger partial charge >= 0.3 is 5.97 Å². The third kappa shape index (κ3) is 17.4. The van der Waals surface area contributed by atoms with E-state index in [1.54, 1.807) is 0 Å². The number of aliphatic hydroxyl groups excluding tert-OH is 1. The molecule has 0 bridgehead atoms. The molecular formula is C29H58N2O4. The first-order valence-electron chi connectivity index (χ1n) is 14.9. The molecule has 1 aliphatic rings. The fraction of sp³-hybridized carbons (Fsp3) is 0.966. The maximum absolute atomic E-state index is 12.3. The van der Waals surface area contributed by atoms with Gasteiger partial charge in [0.05, 0.1) is 13.2 Å². The summed E-state index contributed by atoms with van der Waals surface area (Å²) in [7, 11) is 2.09. The second-order valence-electron chi connectivity index (χ2n) is 10.6. The fourth-order valence-corrected chi connectivity index (χ4v) is 4.69. The number of carbonyl (C=O) groups is 1. The normalized spacial score (nSPS) is 15.0. The molecule has 0 heterocycles. The van der Waals surface area contributed by atoms with Crippen molar-refractivity contribution < 1.29 is 19.4 Å². The number of hydrogen-bond acceptors (Lipinski definition) is 6. The molecule has 6 heteroatoms. The second kappa shape index (κ2) is 22.5. The van der Waals surface area contributed by atoms with Crippen LogP contribution in [0, 0.1) is 0 Å². The standard InChI is InChI=1S/C29H58N2O4/c1-4-6-8-9-10-11-12-13-14-15-24-34-26-28(35-29(33)19-7-5-2)25-30(3)20-21-31(22-23-32)27-17-16-18-27/h27-28,32H,4-26H2,1-3H3. The highest BCUT2D eigenvalue weighted by molar-refractivity contribution is 5.69. The molecule has 1 atom stereocenters. The van der Waals surface area contributed by atoms with Crippen molar-refractivity contribution in [3.05, 3.63) is 0 Å². The predicted octanol–water partition coefficient (Wildman–Crippen LogP) is 5.80.